The van der Waals surface area contributed by atoms with Crippen molar-refractivity contribution in [3.63, 3.8) is 0 Å². The zero-order valence-corrected chi connectivity index (χ0v) is 15.2. The topological polar surface area (TPSA) is 45.2 Å². The lowest BCUT2D eigenvalue weighted by Gasteiger charge is -2.26. The second-order valence-corrected chi connectivity index (χ2v) is 6.57. The molecular weight excluding hydrogens is 310 g/mol. The van der Waals surface area contributed by atoms with Crippen molar-refractivity contribution in [2.75, 3.05) is 18.4 Å². The first-order chi connectivity index (χ1) is 12.2. The summed E-state index contributed by atoms with van der Waals surface area (Å²) in [5, 5.41) is 3.53. The average Bonchev–Trinajstić information content (AvgIpc) is 2.68. The standard InChI is InChI=1S/C21H27N3O/c1-3-16-9-8-10-17(4-2)20(16)23-18-11-12-22-19(15-18)21(25)24-13-6-5-7-14-24/h8-12,15H,3-7,13-14H2,1-2H3,(H,22,23). The summed E-state index contributed by atoms with van der Waals surface area (Å²) in [5.41, 5.74) is 5.19. The monoisotopic (exact) mass is 337 g/mol. The maximum atomic E-state index is 12.7. The molecule has 1 amide bonds. The van der Waals surface area contributed by atoms with Gasteiger partial charge in [0.05, 0.1) is 0 Å². The third kappa shape index (κ3) is 4.01. The lowest BCUT2D eigenvalue weighted by molar-refractivity contribution is 0.0718. The fourth-order valence-electron chi connectivity index (χ4n) is 3.43. The van der Waals surface area contributed by atoms with E-state index in [4.69, 9.17) is 0 Å². The van der Waals surface area contributed by atoms with Gasteiger partial charge in [-0.1, -0.05) is 32.0 Å². The quantitative estimate of drug-likeness (QED) is 0.869. The highest BCUT2D eigenvalue weighted by Crippen LogP contribution is 2.27. The molecule has 0 saturated carbocycles. The predicted molar refractivity (Wildman–Crippen MR) is 102 cm³/mol. The van der Waals surface area contributed by atoms with E-state index in [1.54, 1.807) is 6.20 Å². The molecule has 2 aromatic rings. The largest absolute Gasteiger partial charge is 0.355 e. The summed E-state index contributed by atoms with van der Waals surface area (Å²) in [6.07, 6.45) is 7.06. The van der Waals surface area contributed by atoms with Crippen molar-refractivity contribution in [3.8, 4) is 0 Å². The Hall–Kier alpha value is -2.36. The van der Waals surface area contributed by atoms with Gasteiger partial charge in [0.25, 0.3) is 5.91 Å². The van der Waals surface area contributed by atoms with Crippen LogP contribution < -0.4 is 5.32 Å². The van der Waals surface area contributed by atoms with Gasteiger partial charge < -0.3 is 10.2 Å². The number of pyridine rings is 1. The second-order valence-electron chi connectivity index (χ2n) is 6.57. The predicted octanol–water partition coefficient (Wildman–Crippen LogP) is 4.58. The summed E-state index contributed by atoms with van der Waals surface area (Å²) in [5.74, 6) is 0.0443. The number of hydrogen-bond acceptors (Lipinski definition) is 3. The molecule has 1 aromatic heterocycles. The number of piperidine rings is 1. The maximum absolute atomic E-state index is 12.7. The zero-order chi connectivity index (χ0) is 17.6. The van der Waals surface area contributed by atoms with Gasteiger partial charge in [0.1, 0.15) is 5.69 Å². The Kier molecular flexibility index (Phi) is 5.69. The average molecular weight is 337 g/mol. The Morgan fingerprint density at radius 1 is 1.08 bits per heavy atom. The number of anilines is 2. The highest BCUT2D eigenvalue weighted by Gasteiger charge is 2.19. The molecule has 1 fully saturated rings. The van der Waals surface area contributed by atoms with E-state index in [2.05, 4.69) is 42.3 Å². The first kappa shape index (κ1) is 17.5. The molecule has 1 N–H and O–H groups in total. The van der Waals surface area contributed by atoms with Gasteiger partial charge in [0.15, 0.2) is 0 Å². The van der Waals surface area contributed by atoms with Gasteiger partial charge in [-0.05, 0) is 55.4 Å². The van der Waals surface area contributed by atoms with Crippen LogP contribution in [-0.4, -0.2) is 28.9 Å². The molecule has 0 atom stereocenters. The number of nitrogens with zero attached hydrogens (tertiary/aromatic N) is 2. The molecule has 0 bridgehead atoms. The SMILES string of the molecule is CCc1cccc(CC)c1Nc1ccnc(C(=O)N2CCCCC2)c1. The van der Waals surface area contributed by atoms with Crippen LogP contribution in [0.15, 0.2) is 36.5 Å². The smallest absolute Gasteiger partial charge is 0.272 e. The number of benzene rings is 1. The minimum atomic E-state index is 0.0443. The fraction of sp³-hybridized carbons (Fsp3) is 0.429. The minimum absolute atomic E-state index is 0.0443. The van der Waals surface area contributed by atoms with E-state index in [-0.39, 0.29) is 5.91 Å². The van der Waals surface area contributed by atoms with Crippen molar-refractivity contribution in [2.45, 2.75) is 46.0 Å². The summed E-state index contributed by atoms with van der Waals surface area (Å²) in [6.45, 7) is 6.02. The number of rotatable bonds is 5. The molecule has 4 nitrogen and oxygen atoms in total. The number of carbonyl (C=O) groups excluding carboxylic acids is 1. The Morgan fingerprint density at radius 2 is 1.76 bits per heavy atom. The first-order valence-corrected chi connectivity index (χ1v) is 9.36. The van der Waals surface area contributed by atoms with Crippen molar-refractivity contribution in [3.05, 3.63) is 53.3 Å². The number of hydrogen-bond donors (Lipinski definition) is 1. The lowest BCUT2D eigenvalue weighted by atomic mass is 10.0. The number of amides is 1. The Bertz CT molecular complexity index is 713. The lowest BCUT2D eigenvalue weighted by Crippen LogP contribution is -2.36. The van der Waals surface area contributed by atoms with Gasteiger partial charge in [-0.25, -0.2) is 0 Å². The molecule has 25 heavy (non-hydrogen) atoms. The second kappa shape index (κ2) is 8.15. The van der Waals surface area contributed by atoms with Crippen LogP contribution in [0.3, 0.4) is 0 Å². The van der Waals surface area contributed by atoms with Gasteiger partial charge in [0, 0.05) is 30.7 Å². The van der Waals surface area contributed by atoms with Gasteiger partial charge >= 0.3 is 0 Å². The summed E-state index contributed by atoms with van der Waals surface area (Å²) < 4.78 is 0. The van der Waals surface area contributed by atoms with E-state index in [1.165, 1.54) is 17.5 Å². The van der Waals surface area contributed by atoms with E-state index < -0.39 is 0 Å². The number of carbonyl (C=O) groups is 1. The Labute approximate surface area is 150 Å². The van der Waals surface area contributed by atoms with Crippen LogP contribution in [0.4, 0.5) is 11.4 Å². The van der Waals surface area contributed by atoms with E-state index in [9.17, 15) is 4.79 Å². The van der Waals surface area contributed by atoms with Gasteiger partial charge in [-0.15, -0.1) is 0 Å². The minimum Gasteiger partial charge on any atom is -0.355 e. The van der Waals surface area contributed by atoms with Crippen LogP contribution in [-0.2, 0) is 12.8 Å². The zero-order valence-electron chi connectivity index (χ0n) is 15.2. The van der Waals surface area contributed by atoms with Crippen molar-refractivity contribution in [1.82, 2.24) is 9.88 Å². The van der Waals surface area contributed by atoms with Crippen LogP contribution in [0.25, 0.3) is 0 Å². The number of aryl methyl sites for hydroxylation is 2. The van der Waals surface area contributed by atoms with Gasteiger partial charge in [-0.3, -0.25) is 9.78 Å². The van der Waals surface area contributed by atoms with Gasteiger partial charge in [0.2, 0.25) is 0 Å². The van der Waals surface area contributed by atoms with Crippen molar-refractivity contribution in [2.24, 2.45) is 0 Å². The molecule has 132 valence electrons. The normalized spacial score (nSPS) is 14.4. The first-order valence-electron chi connectivity index (χ1n) is 9.36. The molecular formula is C21H27N3O. The molecule has 1 saturated heterocycles. The molecule has 2 heterocycles. The maximum Gasteiger partial charge on any atom is 0.272 e. The summed E-state index contributed by atoms with van der Waals surface area (Å²) in [4.78, 5) is 18.9. The molecule has 0 unspecified atom stereocenters. The Morgan fingerprint density at radius 3 is 2.40 bits per heavy atom. The highest BCUT2D eigenvalue weighted by atomic mass is 16.2. The molecule has 1 aliphatic rings. The van der Waals surface area contributed by atoms with Crippen LogP contribution >= 0.6 is 0 Å². The molecule has 0 radical (unpaired) electrons. The summed E-state index contributed by atoms with van der Waals surface area (Å²) in [7, 11) is 0. The summed E-state index contributed by atoms with van der Waals surface area (Å²) >= 11 is 0. The van der Waals surface area contributed by atoms with Crippen LogP contribution in [0, 0.1) is 0 Å². The molecule has 1 aliphatic heterocycles. The third-order valence-electron chi connectivity index (χ3n) is 4.89. The number of para-hydroxylation sites is 1. The van der Waals surface area contributed by atoms with Crippen molar-refractivity contribution in [1.29, 1.82) is 0 Å². The Balaban J connectivity index is 1.84. The number of nitrogens with one attached hydrogen (secondary N) is 1. The van der Waals surface area contributed by atoms with Crippen molar-refractivity contribution >= 4 is 17.3 Å². The molecule has 4 heteroatoms. The molecule has 0 spiro atoms. The van der Waals surface area contributed by atoms with Crippen molar-refractivity contribution < 1.29 is 4.79 Å². The van der Waals surface area contributed by atoms with Crippen LogP contribution in [0.5, 0.6) is 0 Å². The van der Waals surface area contributed by atoms with E-state index >= 15 is 0 Å². The van der Waals surface area contributed by atoms with Crippen LogP contribution in [0.1, 0.15) is 54.7 Å². The highest BCUT2D eigenvalue weighted by molar-refractivity contribution is 5.93. The fourth-order valence-corrected chi connectivity index (χ4v) is 3.43. The van der Waals surface area contributed by atoms with Crippen LogP contribution in [0.2, 0.25) is 0 Å². The number of likely N-dealkylation sites (tertiary alicyclic amines) is 1. The van der Waals surface area contributed by atoms with E-state index in [0.717, 1.165) is 50.1 Å². The van der Waals surface area contributed by atoms with E-state index in [1.807, 2.05) is 17.0 Å². The van der Waals surface area contributed by atoms with E-state index in [0.29, 0.717) is 5.69 Å². The summed E-state index contributed by atoms with van der Waals surface area (Å²) in [6, 6.07) is 10.2. The molecule has 3 rings (SSSR count). The van der Waals surface area contributed by atoms with Gasteiger partial charge in [-0.2, -0.15) is 0 Å². The third-order valence-corrected chi connectivity index (χ3v) is 4.89. The molecule has 1 aromatic carbocycles. The number of aromatic nitrogens is 1. The molecule has 0 aliphatic carbocycles.